The van der Waals surface area contributed by atoms with Crippen molar-refractivity contribution in [3.8, 4) is 0 Å². The SMILES string of the molecule is c1cnc2ccc([C@H]3CN3)cc2c1. The summed E-state index contributed by atoms with van der Waals surface area (Å²) >= 11 is 0. The van der Waals surface area contributed by atoms with Crippen LogP contribution in [0, 0.1) is 0 Å². The first-order valence-electron chi connectivity index (χ1n) is 4.51. The molecule has 64 valence electrons. The molecular formula is C11H10N2. The predicted molar refractivity (Wildman–Crippen MR) is 52.5 cm³/mol. The normalized spacial score (nSPS) is 20.5. The number of rotatable bonds is 1. The number of nitrogens with zero attached hydrogens (tertiary/aromatic N) is 1. The summed E-state index contributed by atoms with van der Waals surface area (Å²) in [6.07, 6.45) is 1.83. The lowest BCUT2D eigenvalue weighted by Gasteiger charge is -1.99. The van der Waals surface area contributed by atoms with E-state index < -0.39 is 0 Å². The Bertz CT molecular complexity index is 447. The Morgan fingerprint density at radius 3 is 3.08 bits per heavy atom. The van der Waals surface area contributed by atoms with Gasteiger partial charge in [-0.05, 0) is 23.8 Å². The molecule has 1 aliphatic heterocycles. The molecule has 0 bridgehead atoms. The van der Waals surface area contributed by atoms with Gasteiger partial charge in [0.2, 0.25) is 0 Å². The third kappa shape index (κ3) is 1.19. The highest BCUT2D eigenvalue weighted by Gasteiger charge is 2.21. The van der Waals surface area contributed by atoms with Gasteiger partial charge in [-0.1, -0.05) is 12.1 Å². The molecule has 1 fully saturated rings. The smallest absolute Gasteiger partial charge is 0.0702 e. The molecule has 1 atom stereocenters. The van der Waals surface area contributed by atoms with Gasteiger partial charge in [-0.3, -0.25) is 4.98 Å². The van der Waals surface area contributed by atoms with Crippen LogP contribution in [0.2, 0.25) is 0 Å². The van der Waals surface area contributed by atoms with Gasteiger partial charge >= 0.3 is 0 Å². The molecule has 3 rings (SSSR count). The van der Waals surface area contributed by atoms with Crippen LogP contribution in [0.15, 0.2) is 36.5 Å². The number of hydrogen-bond acceptors (Lipinski definition) is 2. The lowest BCUT2D eigenvalue weighted by atomic mass is 10.1. The van der Waals surface area contributed by atoms with Crippen molar-refractivity contribution >= 4 is 10.9 Å². The molecule has 0 radical (unpaired) electrons. The quantitative estimate of drug-likeness (QED) is 0.663. The van der Waals surface area contributed by atoms with Crippen molar-refractivity contribution in [3.05, 3.63) is 42.1 Å². The summed E-state index contributed by atoms with van der Waals surface area (Å²) in [6.45, 7) is 1.12. The second-order valence-corrected chi connectivity index (χ2v) is 3.42. The number of fused-ring (bicyclic) bond motifs is 1. The predicted octanol–water partition coefficient (Wildman–Crippen LogP) is 1.88. The molecule has 0 saturated carbocycles. The summed E-state index contributed by atoms with van der Waals surface area (Å²) in [5, 5.41) is 4.53. The molecule has 1 aliphatic rings. The molecule has 1 N–H and O–H groups in total. The van der Waals surface area contributed by atoms with Gasteiger partial charge in [0.1, 0.15) is 0 Å². The average molecular weight is 170 g/mol. The van der Waals surface area contributed by atoms with E-state index in [2.05, 4.69) is 34.6 Å². The Labute approximate surface area is 76.6 Å². The zero-order chi connectivity index (χ0) is 8.67. The van der Waals surface area contributed by atoms with Gasteiger partial charge < -0.3 is 5.32 Å². The molecule has 2 heteroatoms. The van der Waals surface area contributed by atoms with Crippen LogP contribution in [-0.4, -0.2) is 11.5 Å². The molecule has 0 unspecified atom stereocenters. The van der Waals surface area contributed by atoms with Gasteiger partial charge in [-0.2, -0.15) is 0 Å². The van der Waals surface area contributed by atoms with Crippen LogP contribution in [0.5, 0.6) is 0 Å². The van der Waals surface area contributed by atoms with E-state index in [1.807, 2.05) is 12.3 Å². The Hall–Kier alpha value is -1.41. The monoisotopic (exact) mass is 170 g/mol. The fourth-order valence-corrected chi connectivity index (χ4v) is 1.61. The third-order valence-electron chi connectivity index (χ3n) is 2.44. The largest absolute Gasteiger partial charge is 0.307 e. The summed E-state index contributed by atoms with van der Waals surface area (Å²) in [4.78, 5) is 4.28. The minimum absolute atomic E-state index is 0.588. The highest BCUT2D eigenvalue weighted by molar-refractivity contribution is 5.79. The Morgan fingerprint density at radius 2 is 2.23 bits per heavy atom. The van der Waals surface area contributed by atoms with Crippen molar-refractivity contribution in [2.24, 2.45) is 0 Å². The van der Waals surface area contributed by atoms with Gasteiger partial charge in [-0.25, -0.2) is 0 Å². The van der Waals surface area contributed by atoms with Gasteiger partial charge in [0.15, 0.2) is 0 Å². The van der Waals surface area contributed by atoms with Crippen LogP contribution in [0.1, 0.15) is 11.6 Å². The van der Waals surface area contributed by atoms with Crippen LogP contribution in [-0.2, 0) is 0 Å². The third-order valence-corrected chi connectivity index (χ3v) is 2.44. The second kappa shape index (κ2) is 2.54. The Kier molecular flexibility index (Phi) is 1.37. The molecule has 0 aliphatic carbocycles. The number of aromatic nitrogens is 1. The first kappa shape index (κ1) is 7.04. The van der Waals surface area contributed by atoms with Crippen molar-refractivity contribution in [1.82, 2.24) is 10.3 Å². The van der Waals surface area contributed by atoms with E-state index in [1.165, 1.54) is 10.9 Å². The van der Waals surface area contributed by atoms with Gasteiger partial charge in [0, 0.05) is 24.2 Å². The summed E-state index contributed by atoms with van der Waals surface area (Å²) in [6, 6.07) is 11.1. The fourth-order valence-electron chi connectivity index (χ4n) is 1.61. The van der Waals surface area contributed by atoms with Crippen molar-refractivity contribution in [1.29, 1.82) is 0 Å². The average Bonchev–Trinajstić information content (AvgIpc) is 3.00. The molecule has 0 spiro atoms. The highest BCUT2D eigenvalue weighted by atomic mass is 15.1. The molecule has 2 aromatic rings. The van der Waals surface area contributed by atoms with Gasteiger partial charge in [-0.15, -0.1) is 0 Å². The number of hydrogen-bond donors (Lipinski definition) is 1. The molecular weight excluding hydrogens is 160 g/mol. The minimum atomic E-state index is 0.588. The zero-order valence-corrected chi connectivity index (χ0v) is 7.20. The maximum atomic E-state index is 4.28. The van der Waals surface area contributed by atoms with Crippen LogP contribution in [0.25, 0.3) is 10.9 Å². The van der Waals surface area contributed by atoms with Crippen molar-refractivity contribution in [2.45, 2.75) is 6.04 Å². The maximum absolute atomic E-state index is 4.28. The van der Waals surface area contributed by atoms with Crippen LogP contribution >= 0.6 is 0 Å². The van der Waals surface area contributed by atoms with Crippen molar-refractivity contribution in [2.75, 3.05) is 6.54 Å². The molecule has 1 saturated heterocycles. The molecule has 0 amide bonds. The molecule has 1 aromatic heterocycles. The first-order valence-corrected chi connectivity index (χ1v) is 4.51. The maximum Gasteiger partial charge on any atom is 0.0702 e. The van der Waals surface area contributed by atoms with Crippen molar-refractivity contribution < 1.29 is 0 Å². The van der Waals surface area contributed by atoms with E-state index in [9.17, 15) is 0 Å². The number of pyridine rings is 1. The van der Waals surface area contributed by atoms with E-state index in [0.29, 0.717) is 6.04 Å². The van der Waals surface area contributed by atoms with Crippen molar-refractivity contribution in [3.63, 3.8) is 0 Å². The van der Waals surface area contributed by atoms with Crippen LogP contribution in [0.4, 0.5) is 0 Å². The lowest BCUT2D eigenvalue weighted by Crippen LogP contribution is -1.85. The van der Waals surface area contributed by atoms with E-state index in [4.69, 9.17) is 0 Å². The Balaban J connectivity index is 2.21. The molecule has 2 nitrogen and oxygen atoms in total. The van der Waals surface area contributed by atoms with E-state index in [1.54, 1.807) is 0 Å². The van der Waals surface area contributed by atoms with E-state index >= 15 is 0 Å². The molecule has 13 heavy (non-hydrogen) atoms. The van der Waals surface area contributed by atoms with E-state index in [-0.39, 0.29) is 0 Å². The second-order valence-electron chi connectivity index (χ2n) is 3.42. The number of nitrogens with one attached hydrogen (secondary N) is 1. The summed E-state index contributed by atoms with van der Waals surface area (Å²) in [5.41, 5.74) is 2.45. The number of benzene rings is 1. The zero-order valence-electron chi connectivity index (χ0n) is 7.20. The summed E-state index contributed by atoms with van der Waals surface area (Å²) < 4.78 is 0. The van der Waals surface area contributed by atoms with Gasteiger partial charge in [0.05, 0.1) is 5.52 Å². The van der Waals surface area contributed by atoms with Gasteiger partial charge in [0.25, 0.3) is 0 Å². The van der Waals surface area contributed by atoms with Crippen LogP contribution in [0.3, 0.4) is 0 Å². The minimum Gasteiger partial charge on any atom is -0.307 e. The van der Waals surface area contributed by atoms with E-state index in [0.717, 1.165) is 12.1 Å². The summed E-state index contributed by atoms with van der Waals surface area (Å²) in [7, 11) is 0. The first-order chi connectivity index (χ1) is 6.43. The fraction of sp³-hybridized carbons (Fsp3) is 0.182. The topological polar surface area (TPSA) is 34.8 Å². The molecule has 2 heterocycles. The molecule has 1 aromatic carbocycles. The summed E-state index contributed by atoms with van der Waals surface area (Å²) in [5.74, 6) is 0. The highest BCUT2D eigenvalue weighted by Crippen LogP contribution is 2.24. The standard InChI is InChI=1S/C11H10N2/c1-2-8-6-9(11-7-13-11)3-4-10(8)12-5-1/h1-6,11,13H,7H2/t11-/m1/s1. The Morgan fingerprint density at radius 1 is 1.31 bits per heavy atom. The lowest BCUT2D eigenvalue weighted by molar-refractivity contribution is 1.08. The van der Waals surface area contributed by atoms with Crippen LogP contribution < -0.4 is 5.32 Å².